The van der Waals surface area contributed by atoms with Crippen LogP contribution in [0.5, 0.6) is 0 Å². The fourth-order valence-corrected chi connectivity index (χ4v) is 8.10. The molecule has 7 aromatic rings. The van der Waals surface area contributed by atoms with E-state index in [1.807, 2.05) is 6.07 Å². The van der Waals surface area contributed by atoms with Crippen molar-refractivity contribution in [2.45, 2.75) is 38.5 Å². The van der Waals surface area contributed by atoms with Gasteiger partial charge in [0.1, 0.15) is 11.2 Å². The van der Waals surface area contributed by atoms with Crippen molar-refractivity contribution in [2.75, 3.05) is 4.90 Å². The van der Waals surface area contributed by atoms with Crippen molar-refractivity contribution in [3.8, 4) is 22.3 Å². The van der Waals surface area contributed by atoms with E-state index in [4.69, 9.17) is 4.42 Å². The van der Waals surface area contributed by atoms with E-state index in [0.29, 0.717) is 0 Å². The molecule has 2 heteroatoms. The summed E-state index contributed by atoms with van der Waals surface area (Å²) in [5, 5.41) is 2.26. The van der Waals surface area contributed by atoms with Gasteiger partial charge in [0.25, 0.3) is 0 Å². The molecular weight excluding hydrogens is 534 g/mol. The lowest BCUT2D eigenvalue weighted by Crippen LogP contribution is -2.17. The third-order valence-electron chi connectivity index (χ3n) is 10.3. The van der Waals surface area contributed by atoms with Crippen LogP contribution in [0.1, 0.15) is 49.9 Å². The zero-order valence-electron chi connectivity index (χ0n) is 25.5. The molecule has 1 heterocycles. The number of rotatable bonds is 3. The number of furan rings is 1. The van der Waals surface area contributed by atoms with E-state index in [2.05, 4.69) is 154 Å². The molecule has 44 heavy (non-hydrogen) atoms. The van der Waals surface area contributed by atoms with Crippen LogP contribution in [0.3, 0.4) is 0 Å². The van der Waals surface area contributed by atoms with Gasteiger partial charge in [-0.05, 0) is 75.3 Å². The van der Waals surface area contributed by atoms with Crippen LogP contribution in [0.4, 0.5) is 17.1 Å². The van der Waals surface area contributed by atoms with Crippen LogP contribution in [0.15, 0.2) is 132 Å². The predicted octanol–water partition coefficient (Wildman–Crippen LogP) is 11.7. The smallest absolute Gasteiger partial charge is 0.137 e. The molecule has 0 saturated heterocycles. The molecule has 0 saturated carbocycles. The van der Waals surface area contributed by atoms with Crippen molar-refractivity contribution in [1.29, 1.82) is 0 Å². The second-order valence-corrected chi connectivity index (χ2v) is 13.4. The highest BCUT2D eigenvalue weighted by Gasteiger charge is 2.39. The van der Waals surface area contributed by atoms with Gasteiger partial charge in [0, 0.05) is 27.5 Å². The second-order valence-electron chi connectivity index (χ2n) is 13.4. The molecule has 0 radical (unpaired) electrons. The van der Waals surface area contributed by atoms with Crippen LogP contribution >= 0.6 is 0 Å². The Balaban J connectivity index is 1.38. The number of fused-ring (bicyclic) bond motifs is 9. The molecule has 1 aromatic heterocycles. The van der Waals surface area contributed by atoms with Gasteiger partial charge in [-0.25, -0.2) is 0 Å². The number of anilines is 3. The summed E-state index contributed by atoms with van der Waals surface area (Å²) in [5.74, 6) is 0. The summed E-state index contributed by atoms with van der Waals surface area (Å²) in [6.07, 6.45) is 0. The summed E-state index contributed by atoms with van der Waals surface area (Å²) in [6.45, 7) is 9.42. The molecule has 2 nitrogen and oxygen atoms in total. The molecule has 0 amide bonds. The summed E-state index contributed by atoms with van der Waals surface area (Å²) in [7, 11) is 0. The molecule has 0 unspecified atom stereocenters. The van der Waals surface area contributed by atoms with Crippen LogP contribution in [0, 0.1) is 0 Å². The molecule has 0 atom stereocenters. The Labute approximate surface area is 258 Å². The van der Waals surface area contributed by atoms with Crippen molar-refractivity contribution in [3.63, 3.8) is 0 Å². The topological polar surface area (TPSA) is 16.4 Å². The molecule has 0 bridgehead atoms. The van der Waals surface area contributed by atoms with Crippen molar-refractivity contribution >= 4 is 39.0 Å². The van der Waals surface area contributed by atoms with E-state index in [1.54, 1.807) is 0 Å². The number of hydrogen-bond donors (Lipinski definition) is 0. The van der Waals surface area contributed by atoms with E-state index in [1.165, 1.54) is 50.2 Å². The van der Waals surface area contributed by atoms with E-state index in [9.17, 15) is 0 Å². The molecule has 0 aliphatic heterocycles. The van der Waals surface area contributed by atoms with Gasteiger partial charge >= 0.3 is 0 Å². The maximum atomic E-state index is 6.42. The van der Waals surface area contributed by atoms with E-state index >= 15 is 0 Å². The van der Waals surface area contributed by atoms with Crippen LogP contribution in [-0.2, 0) is 10.8 Å². The lowest BCUT2D eigenvalue weighted by molar-refractivity contribution is 0.660. The number of hydrogen-bond acceptors (Lipinski definition) is 2. The van der Waals surface area contributed by atoms with Crippen molar-refractivity contribution < 1.29 is 4.42 Å². The summed E-state index contributed by atoms with van der Waals surface area (Å²) in [5.41, 5.74) is 15.8. The predicted molar refractivity (Wildman–Crippen MR) is 184 cm³/mol. The average molecular weight is 568 g/mol. The fraction of sp³-hybridized carbons (Fsp3) is 0.143. The summed E-state index contributed by atoms with van der Waals surface area (Å²) in [4.78, 5) is 2.49. The van der Waals surface area contributed by atoms with Crippen LogP contribution in [-0.4, -0.2) is 0 Å². The molecule has 2 aliphatic carbocycles. The average Bonchev–Trinajstić information content (AvgIpc) is 3.62. The zero-order chi connectivity index (χ0) is 29.8. The van der Waals surface area contributed by atoms with Gasteiger partial charge in [0.05, 0.1) is 16.8 Å². The molecule has 0 N–H and O–H groups in total. The summed E-state index contributed by atoms with van der Waals surface area (Å²) in [6, 6.07) is 46.6. The van der Waals surface area contributed by atoms with E-state index in [-0.39, 0.29) is 10.8 Å². The Kier molecular flexibility index (Phi) is 5.05. The van der Waals surface area contributed by atoms with Gasteiger partial charge < -0.3 is 9.32 Å². The minimum atomic E-state index is -0.102. The lowest BCUT2D eigenvalue weighted by atomic mass is 9.82. The number of benzene rings is 6. The first kappa shape index (κ1) is 25.4. The molecule has 0 spiro atoms. The second kappa shape index (κ2) is 8.74. The third kappa shape index (κ3) is 3.26. The van der Waals surface area contributed by atoms with Gasteiger partial charge in [0.2, 0.25) is 0 Å². The van der Waals surface area contributed by atoms with Crippen LogP contribution < -0.4 is 4.90 Å². The Hall–Kier alpha value is -5.08. The minimum absolute atomic E-state index is 0.0937. The third-order valence-corrected chi connectivity index (χ3v) is 10.3. The standard InChI is InChI=1S/C42H33NO/c1-41(2)32-17-9-6-14-29(32)39-33(41)18-11-19-35(39)43(36-20-12-22-38-40(36)30-15-7-10-21-37(30)44-38)26-23-24-28-27-13-5-8-16-31(27)42(3,4)34(28)25-26/h5-25H,1-4H3. The first-order valence-electron chi connectivity index (χ1n) is 15.5. The Bertz CT molecular complexity index is 2300. The Morgan fingerprint density at radius 3 is 1.91 bits per heavy atom. The summed E-state index contributed by atoms with van der Waals surface area (Å²) < 4.78 is 6.42. The maximum Gasteiger partial charge on any atom is 0.137 e. The van der Waals surface area contributed by atoms with Gasteiger partial charge in [-0.2, -0.15) is 0 Å². The quantitative estimate of drug-likeness (QED) is 0.211. The highest BCUT2D eigenvalue weighted by molar-refractivity contribution is 6.14. The molecule has 2 aliphatic rings. The Morgan fingerprint density at radius 2 is 1.07 bits per heavy atom. The Morgan fingerprint density at radius 1 is 0.477 bits per heavy atom. The highest BCUT2D eigenvalue weighted by Crippen LogP contribution is 2.56. The van der Waals surface area contributed by atoms with E-state index < -0.39 is 0 Å². The number of para-hydroxylation sites is 1. The van der Waals surface area contributed by atoms with E-state index in [0.717, 1.165) is 33.3 Å². The first-order valence-corrected chi connectivity index (χ1v) is 15.5. The fourth-order valence-electron chi connectivity index (χ4n) is 8.10. The molecule has 6 aromatic carbocycles. The van der Waals surface area contributed by atoms with Gasteiger partial charge in [-0.3, -0.25) is 0 Å². The van der Waals surface area contributed by atoms with Crippen molar-refractivity contribution in [2.24, 2.45) is 0 Å². The van der Waals surface area contributed by atoms with Crippen molar-refractivity contribution in [3.05, 3.63) is 150 Å². The van der Waals surface area contributed by atoms with Crippen LogP contribution in [0.25, 0.3) is 44.2 Å². The number of nitrogens with zero attached hydrogens (tertiary/aromatic N) is 1. The molecular formula is C42H33NO. The van der Waals surface area contributed by atoms with Gasteiger partial charge in [-0.15, -0.1) is 0 Å². The molecule has 212 valence electrons. The van der Waals surface area contributed by atoms with Crippen LogP contribution in [0.2, 0.25) is 0 Å². The summed E-state index contributed by atoms with van der Waals surface area (Å²) >= 11 is 0. The zero-order valence-corrected chi connectivity index (χ0v) is 25.5. The first-order chi connectivity index (χ1) is 21.4. The molecule has 0 fully saturated rings. The highest BCUT2D eigenvalue weighted by atomic mass is 16.3. The van der Waals surface area contributed by atoms with Gasteiger partial charge in [0.15, 0.2) is 0 Å². The van der Waals surface area contributed by atoms with Gasteiger partial charge in [-0.1, -0.05) is 119 Å². The molecule has 9 rings (SSSR count). The lowest BCUT2D eigenvalue weighted by Gasteiger charge is -2.31. The van der Waals surface area contributed by atoms with Crippen molar-refractivity contribution in [1.82, 2.24) is 0 Å². The SMILES string of the molecule is CC1(C)c2ccccc2-c2ccc(N(c3cccc4c3-c3ccccc3C4(C)C)c3cccc4oc5ccccc5c34)cc21. The largest absolute Gasteiger partial charge is 0.456 e. The maximum absolute atomic E-state index is 6.42. The normalized spacial score (nSPS) is 15.2. The minimum Gasteiger partial charge on any atom is -0.456 e. The monoisotopic (exact) mass is 567 g/mol.